The van der Waals surface area contributed by atoms with Crippen LogP contribution in [0, 0.1) is 12.7 Å². The van der Waals surface area contributed by atoms with Gasteiger partial charge in [0.1, 0.15) is 17.0 Å². The molecule has 0 aliphatic carbocycles. The Balaban J connectivity index is 1.44. The van der Waals surface area contributed by atoms with Gasteiger partial charge in [-0.3, -0.25) is 14.9 Å². The highest BCUT2D eigenvalue weighted by molar-refractivity contribution is 5.97. The van der Waals surface area contributed by atoms with Gasteiger partial charge in [-0.15, -0.1) is 0 Å². The summed E-state index contributed by atoms with van der Waals surface area (Å²) in [6, 6.07) is 6.97. The molecule has 0 radical (unpaired) electrons. The minimum atomic E-state index is -0.473. The summed E-state index contributed by atoms with van der Waals surface area (Å²) in [5, 5.41) is 10.4. The highest BCUT2D eigenvalue weighted by Gasteiger charge is 2.21. The van der Waals surface area contributed by atoms with E-state index in [0.29, 0.717) is 51.4 Å². The summed E-state index contributed by atoms with van der Waals surface area (Å²) in [6.07, 6.45) is 9.51. The molecule has 5 aromatic heterocycles. The molecule has 5 heterocycles. The molecule has 0 saturated carbocycles. The normalized spacial score (nSPS) is 11.4. The summed E-state index contributed by atoms with van der Waals surface area (Å²) in [5.41, 5.74) is 5.08. The number of carbonyl (C=O) groups is 1. The molecule has 0 spiro atoms. The summed E-state index contributed by atoms with van der Waals surface area (Å²) in [7, 11) is 0. The predicted molar refractivity (Wildman–Crippen MR) is 138 cm³/mol. The molecule has 1 aromatic carbocycles. The fraction of sp³-hybridized carbons (Fsp3) is 0.154. The van der Waals surface area contributed by atoms with Gasteiger partial charge >= 0.3 is 0 Å². The molecule has 11 heteroatoms. The molecule has 6 rings (SSSR count). The molecule has 0 saturated heterocycles. The van der Waals surface area contributed by atoms with E-state index >= 15 is 4.39 Å². The number of anilines is 1. The first kappa shape index (κ1) is 22.5. The van der Waals surface area contributed by atoms with Crippen LogP contribution in [0.3, 0.4) is 0 Å². The van der Waals surface area contributed by atoms with Crippen molar-refractivity contribution in [2.45, 2.75) is 26.7 Å². The number of hydrogen-bond donors (Lipinski definition) is 3. The third kappa shape index (κ3) is 3.99. The van der Waals surface area contributed by atoms with Crippen molar-refractivity contribution in [3.63, 3.8) is 0 Å². The first-order chi connectivity index (χ1) is 18.0. The second-order valence-electron chi connectivity index (χ2n) is 8.72. The lowest BCUT2D eigenvalue weighted by Crippen LogP contribution is -2.10. The van der Waals surface area contributed by atoms with Gasteiger partial charge < -0.3 is 14.9 Å². The second-order valence-corrected chi connectivity index (χ2v) is 8.72. The van der Waals surface area contributed by atoms with Gasteiger partial charge in [0.15, 0.2) is 11.5 Å². The molecule has 3 N–H and O–H groups in total. The van der Waals surface area contributed by atoms with E-state index in [9.17, 15) is 4.79 Å². The van der Waals surface area contributed by atoms with Crippen molar-refractivity contribution in [2.24, 2.45) is 0 Å². The van der Waals surface area contributed by atoms with Crippen LogP contribution in [-0.4, -0.2) is 45.6 Å². The maximum absolute atomic E-state index is 16.0. The van der Waals surface area contributed by atoms with Crippen molar-refractivity contribution in [1.82, 2.24) is 39.7 Å². The van der Waals surface area contributed by atoms with Crippen molar-refractivity contribution in [3.05, 3.63) is 66.9 Å². The average Bonchev–Trinajstić information content (AvgIpc) is 3.62. The van der Waals surface area contributed by atoms with Crippen LogP contribution in [-0.2, 0) is 4.79 Å². The molecule has 37 heavy (non-hydrogen) atoms. The summed E-state index contributed by atoms with van der Waals surface area (Å²) in [5.74, 6) is -0.204. The van der Waals surface area contributed by atoms with Crippen LogP contribution in [0.2, 0.25) is 0 Å². The first-order valence-corrected chi connectivity index (χ1v) is 11.8. The third-order valence-electron chi connectivity index (χ3n) is 6.06. The van der Waals surface area contributed by atoms with Crippen molar-refractivity contribution in [1.29, 1.82) is 0 Å². The van der Waals surface area contributed by atoms with Crippen LogP contribution in [0.15, 0.2) is 55.4 Å². The van der Waals surface area contributed by atoms with Crippen LogP contribution < -0.4 is 5.32 Å². The number of imidazole rings is 2. The lowest BCUT2D eigenvalue weighted by atomic mass is 10.0. The van der Waals surface area contributed by atoms with Crippen molar-refractivity contribution in [3.8, 4) is 28.3 Å². The molecule has 0 bridgehead atoms. The van der Waals surface area contributed by atoms with Gasteiger partial charge in [0.05, 0.1) is 40.5 Å². The summed E-state index contributed by atoms with van der Waals surface area (Å²) >= 11 is 0. The number of aromatic amines is 2. The standard InChI is InChI=1S/C26H22FN9O/c1-3-4-20(37)31-16-9-15(10-28-11-16)17-5-6-18-21(22(17)27)24(35-34-18)26-32-23-19(7-8-29-25(23)33-26)36-12-14(2)30-13-36/h5-13H,3-4H2,1-2H3,(H,31,37)(H,34,35)(H,29,32,33). The number of halogens is 1. The van der Waals surface area contributed by atoms with Gasteiger partial charge in [-0.25, -0.2) is 19.3 Å². The molecular formula is C26H22FN9O. The molecule has 6 aromatic rings. The van der Waals surface area contributed by atoms with Crippen LogP contribution in [0.4, 0.5) is 10.1 Å². The monoisotopic (exact) mass is 495 g/mol. The van der Waals surface area contributed by atoms with E-state index in [4.69, 9.17) is 0 Å². The molecule has 0 aliphatic rings. The number of amides is 1. The third-order valence-corrected chi connectivity index (χ3v) is 6.06. The average molecular weight is 496 g/mol. The number of carbonyl (C=O) groups excluding carboxylic acids is 1. The minimum Gasteiger partial charge on any atom is -0.333 e. The van der Waals surface area contributed by atoms with E-state index in [1.54, 1.807) is 36.9 Å². The summed E-state index contributed by atoms with van der Waals surface area (Å²) in [6.45, 7) is 3.84. The molecule has 184 valence electrons. The Hall–Kier alpha value is -4.93. The van der Waals surface area contributed by atoms with E-state index in [1.807, 2.05) is 30.7 Å². The zero-order valence-corrected chi connectivity index (χ0v) is 20.1. The van der Waals surface area contributed by atoms with Crippen molar-refractivity contribution < 1.29 is 9.18 Å². The Labute approximate surface area is 210 Å². The fourth-order valence-corrected chi connectivity index (χ4v) is 4.35. The van der Waals surface area contributed by atoms with E-state index in [-0.39, 0.29) is 11.3 Å². The number of nitrogens with zero attached hydrogens (tertiary/aromatic N) is 6. The first-order valence-electron chi connectivity index (χ1n) is 11.8. The number of hydrogen-bond acceptors (Lipinski definition) is 6. The lowest BCUT2D eigenvalue weighted by molar-refractivity contribution is -0.116. The van der Waals surface area contributed by atoms with E-state index in [0.717, 1.165) is 17.8 Å². The molecule has 0 unspecified atom stereocenters. The summed E-state index contributed by atoms with van der Waals surface area (Å²) < 4.78 is 17.9. The Morgan fingerprint density at radius 2 is 2.08 bits per heavy atom. The molecule has 0 fully saturated rings. The largest absolute Gasteiger partial charge is 0.333 e. The van der Waals surface area contributed by atoms with Crippen molar-refractivity contribution in [2.75, 3.05) is 5.32 Å². The van der Waals surface area contributed by atoms with Crippen LogP contribution in [0.5, 0.6) is 0 Å². The maximum Gasteiger partial charge on any atom is 0.224 e. The number of aromatic nitrogens is 8. The van der Waals surface area contributed by atoms with Gasteiger partial charge in [0.2, 0.25) is 5.91 Å². The zero-order chi connectivity index (χ0) is 25.5. The van der Waals surface area contributed by atoms with Gasteiger partial charge in [-0.2, -0.15) is 5.10 Å². The quantitative estimate of drug-likeness (QED) is 0.300. The van der Waals surface area contributed by atoms with E-state index < -0.39 is 5.82 Å². The van der Waals surface area contributed by atoms with Crippen LogP contribution >= 0.6 is 0 Å². The number of nitrogens with one attached hydrogen (secondary N) is 3. The highest BCUT2D eigenvalue weighted by Crippen LogP contribution is 2.34. The minimum absolute atomic E-state index is 0.113. The van der Waals surface area contributed by atoms with E-state index in [1.165, 1.54) is 6.20 Å². The van der Waals surface area contributed by atoms with Gasteiger partial charge in [-0.1, -0.05) is 6.92 Å². The number of aryl methyl sites for hydroxylation is 1. The number of benzene rings is 1. The smallest absolute Gasteiger partial charge is 0.224 e. The van der Waals surface area contributed by atoms with Crippen molar-refractivity contribution >= 4 is 33.7 Å². The Kier molecular flexibility index (Phi) is 5.44. The number of fused-ring (bicyclic) bond motifs is 2. The van der Waals surface area contributed by atoms with Crippen LogP contribution in [0.1, 0.15) is 25.5 Å². The zero-order valence-electron chi connectivity index (χ0n) is 20.1. The van der Waals surface area contributed by atoms with Crippen LogP contribution in [0.25, 0.3) is 50.4 Å². The topological polar surface area (TPSA) is 130 Å². The Bertz CT molecular complexity index is 1780. The molecular weight excluding hydrogens is 473 g/mol. The molecule has 1 amide bonds. The Morgan fingerprint density at radius 3 is 2.89 bits per heavy atom. The van der Waals surface area contributed by atoms with Gasteiger partial charge in [0.25, 0.3) is 0 Å². The number of pyridine rings is 2. The SMILES string of the molecule is CCCC(=O)Nc1cncc(-c2ccc3[nH]nc(-c4nc5nccc(-n6cnc(C)c6)c5[nH]4)c3c2F)c1. The Morgan fingerprint density at radius 1 is 1.19 bits per heavy atom. The van der Waals surface area contributed by atoms with Gasteiger partial charge in [0, 0.05) is 36.1 Å². The molecule has 10 nitrogen and oxygen atoms in total. The number of rotatable bonds is 6. The molecule has 0 aliphatic heterocycles. The summed E-state index contributed by atoms with van der Waals surface area (Å²) in [4.78, 5) is 32.7. The lowest BCUT2D eigenvalue weighted by Gasteiger charge is -2.08. The number of H-pyrrole nitrogens is 2. The highest BCUT2D eigenvalue weighted by atomic mass is 19.1. The fourth-order valence-electron chi connectivity index (χ4n) is 4.35. The van der Waals surface area contributed by atoms with E-state index in [2.05, 4.69) is 40.4 Å². The van der Waals surface area contributed by atoms with Gasteiger partial charge in [-0.05, 0) is 37.6 Å². The predicted octanol–water partition coefficient (Wildman–Crippen LogP) is 4.94. The second kappa shape index (κ2) is 8.94. The molecule has 0 atom stereocenters. The maximum atomic E-state index is 16.0.